The van der Waals surface area contributed by atoms with Gasteiger partial charge < -0.3 is 15.1 Å². The first-order valence-electron chi connectivity index (χ1n) is 10.8. The van der Waals surface area contributed by atoms with E-state index in [4.69, 9.17) is 0 Å². The number of hydrogen-bond acceptors (Lipinski definition) is 3. The van der Waals surface area contributed by atoms with Crippen molar-refractivity contribution in [2.75, 3.05) is 36.4 Å². The van der Waals surface area contributed by atoms with E-state index in [2.05, 4.69) is 16.3 Å². The van der Waals surface area contributed by atoms with Crippen LogP contribution in [0.25, 0.3) is 10.8 Å². The summed E-state index contributed by atoms with van der Waals surface area (Å²) in [6.07, 6.45) is 0. The van der Waals surface area contributed by atoms with Crippen LogP contribution in [0.15, 0.2) is 66.7 Å². The quantitative estimate of drug-likeness (QED) is 0.669. The SMILES string of the molecule is CC(C)(C)C(=O)Nc1ccc(N2CCN(C(=O)c3ccc4ccccc4c3)CC2)cc1. The zero-order valence-corrected chi connectivity index (χ0v) is 18.4. The molecule has 0 aliphatic carbocycles. The maximum Gasteiger partial charge on any atom is 0.253 e. The van der Waals surface area contributed by atoms with Gasteiger partial charge in [-0.1, -0.05) is 51.1 Å². The number of carbonyl (C=O) groups is 2. The third kappa shape index (κ3) is 4.71. The van der Waals surface area contributed by atoms with Crippen LogP contribution in [-0.4, -0.2) is 42.9 Å². The van der Waals surface area contributed by atoms with E-state index < -0.39 is 5.41 Å². The Labute approximate surface area is 183 Å². The Bertz CT molecular complexity index is 1090. The van der Waals surface area contributed by atoms with Crippen LogP contribution in [0.1, 0.15) is 31.1 Å². The summed E-state index contributed by atoms with van der Waals surface area (Å²) in [5, 5.41) is 5.19. The summed E-state index contributed by atoms with van der Waals surface area (Å²) in [4.78, 5) is 29.3. The van der Waals surface area contributed by atoms with E-state index in [-0.39, 0.29) is 11.8 Å². The van der Waals surface area contributed by atoms with Gasteiger partial charge in [0.1, 0.15) is 0 Å². The van der Waals surface area contributed by atoms with E-state index in [0.29, 0.717) is 13.1 Å². The number of piperazine rings is 1. The summed E-state index contributed by atoms with van der Waals surface area (Å²) in [6.45, 7) is 8.64. The van der Waals surface area contributed by atoms with E-state index in [1.807, 2.05) is 86.3 Å². The largest absolute Gasteiger partial charge is 0.368 e. The minimum absolute atomic E-state index is 0.000988. The summed E-state index contributed by atoms with van der Waals surface area (Å²) in [6, 6.07) is 21.9. The zero-order chi connectivity index (χ0) is 22.0. The molecule has 0 radical (unpaired) electrons. The van der Waals surface area contributed by atoms with Gasteiger partial charge in [0, 0.05) is 48.5 Å². The van der Waals surface area contributed by atoms with Crippen molar-refractivity contribution in [1.82, 2.24) is 4.90 Å². The molecule has 3 aromatic carbocycles. The lowest BCUT2D eigenvalue weighted by molar-refractivity contribution is -0.123. The topological polar surface area (TPSA) is 52.7 Å². The molecule has 0 aromatic heterocycles. The van der Waals surface area contributed by atoms with Crippen LogP contribution in [0.5, 0.6) is 0 Å². The van der Waals surface area contributed by atoms with Gasteiger partial charge in [-0.2, -0.15) is 0 Å². The van der Waals surface area contributed by atoms with E-state index >= 15 is 0 Å². The van der Waals surface area contributed by atoms with Gasteiger partial charge in [0.05, 0.1) is 0 Å². The standard InChI is InChI=1S/C26H29N3O2/c1-26(2,3)25(31)27-22-10-12-23(13-11-22)28-14-16-29(17-15-28)24(30)21-9-8-19-6-4-5-7-20(19)18-21/h4-13,18H,14-17H2,1-3H3,(H,27,31). The second kappa shape index (κ2) is 8.42. The predicted molar refractivity (Wildman–Crippen MR) is 127 cm³/mol. The average Bonchev–Trinajstić information content (AvgIpc) is 2.78. The van der Waals surface area contributed by atoms with Crippen LogP contribution in [0.4, 0.5) is 11.4 Å². The van der Waals surface area contributed by atoms with E-state index in [1.54, 1.807) is 0 Å². The fraction of sp³-hybridized carbons (Fsp3) is 0.308. The molecule has 0 unspecified atom stereocenters. The Kier molecular flexibility index (Phi) is 5.68. The molecule has 1 saturated heterocycles. The first-order chi connectivity index (χ1) is 14.8. The molecule has 4 rings (SSSR count). The van der Waals surface area contributed by atoms with Gasteiger partial charge in [0.2, 0.25) is 5.91 Å². The molecule has 5 nitrogen and oxygen atoms in total. The highest BCUT2D eigenvalue weighted by Gasteiger charge is 2.23. The summed E-state index contributed by atoms with van der Waals surface area (Å²) < 4.78 is 0. The summed E-state index contributed by atoms with van der Waals surface area (Å²) in [7, 11) is 0. The molecule has 2 amide bonds. The first kappa shape index (κ1) is 20.9. The molecule has 3 aromatic rings. The van der Waals surface area contributed by atoms with E-state index in [9.17, 15) is 9.59 Å². The number of rotatable bonds is 3. The van der Waals surface area contributed by atoms with Gasteiger partial charge in [-0.25, -0.2) is 0 Å². The summed E-state index contributed by atoms with van der Waals surface area (Å²) in [5.41, 5.74) is 2.22. The molecule has 160 valence electrons. The number of carbonyl (C=O) groups excluding carboxylic acids is 2. The van der Waals surface area contributed by atoms with Crippen LogP contribution in [0, 0.1) is 5.41 Å². The maximum atomic E-state index is 13.0. The monoisotopic (exact) mass is 415 g/mol. The Morgan fingerprint density at radius 1 is 0.806 bits per heavy atom. The third-order valence-corrected chi connectivity index (χ3v) is 5.73. The number of amides is 2. The molecular weight excluding hydrogens is 386 g/mol. The van der Waals surface area contributed by atoms with E-state index in [0.717, 1.165) is 40.8 Å². The number of fused-ring (bicyclic) bond motifs is 1. The van der Waals surface area contributed by atoms with Gasteiger partial charge >= 0.3 is 0 Å². The molecule has 0 saturated carbocycles. The normalized spacial score (nSPS) is 14.5. The number of benzene rings is 3. The Balaban J connectivity index is 1.36. The molecule has 31 heavy (non-hydrogen) atoms. The van der Waals surface area contributed by atoms with Crippen molar-refractivity contribution in [3.8, 4) is 0 Å². The lowest BCUT2D eigenvalue weighted by atomic mass is 9.95. The number of nitrogens with zero attached hydrogens (tertiary/aromatic N) is 2. The summed E-state index contributed by atoms with van der Waals surface area (Å²) in [5.74, 6) is 0.0895. The molecular formula is C26H29N3O2. The van der Waals surface area contributed by atoms with Gasteiger partial charge in [-0.05, 0) is 47.2 Å². The molecule has 5 heteroatoms. The molecule has 1 aliphatic heterocycles. The zero-order valence-electron chi connectivity index (χ0n) is 18.4. The van der Waals surface area contributed by atoms with Crippen molar-refractivity contribution in [3.05, 3.63) is 72.3 Å². The minimum Gasteiger partial charge on any atom is -0.368 e. The van der Waals surface area contributed by atoms with Crippen LogP contribution in [0.2, 0.25) is 0 Å². The maximum absolute atomic E-state index is 13.0. The fourth-order valence-corrected chi connectivity index (χ4v) is 3.75. The lowest BCUT2D eigenvalue weighted by Crippen LogP contribution is -2.48. The summed E-state index contributed by atoms with van der Waals surface area (Å²) >= 11 is 0. The molecule has 0 bridgehead atoms. The van der Waals surface area contributed by atoms with E-state index in [1.165, 1.54) is 0 Å². The molecule has 0 spiro atoms. The minimum atomic E-state index is -0.424. The molecule has 1 heterocycles. The number of hydrogen-bond donors (Lipinski definition) is 1. The molecule has 0 atom stereocenters. The van der Waals surface area contributed by atoms with Crippen LogP contribution >= 0.6 is 0 Å². The first-order valence-corrected chi connectivity index (χ1v) is 10.8. The predicted octanol–water partition coefficient (Wildman–Crippen LogP) is 4.79. The lowest BCUT2D eigenvalue weighted by Gasteiger charge is -2.36. The molecule has 1 fully saturated rings. The Hall–Kier alpha value is -3.34. The number of anilines is 2. The highest BCUT2D eigenvalue weighted by Crippen LogP contribution is 2.23. The Morgan fingerprint density at radius 2 is 1.45 bits per heavy atom. The Morgan fingerprint density at radius 3 is 2.10 bits per heavy atom. The third-order valence-electron chi connectivity index (χ3n) is 5.73. The van der Waals surface area contributed by atoms with Crippen molar-refractivity contribution in [3.63, 3.8) is 0 Å². The fourth-order valence-electron chi connectivity index (χ4n) is 3.75. The van der Waals surface area contributed by atoms with Gasteiger partial charge in [0.25, 0.3) is 5.91 Å². The van der Waals surface area contributed by atoms with Crippen molar-refractivity contribution in [2.24, 2.45) is 5.41 Å². The number of nitrogens with one attached hydrogen (secondary N) is 1. The van der Waals surface area contributed by atoms with Crippen LogP contribution in [-0.2, 0) is 4.79 Å². The van der Waals surface area contributed by atoms with Crippen LogP contribution in [0.3, 0.4) is 0 Å². The van der Waals surface area contributed by atoms with Crippen molar-refractivity contribution >= 4 is 34.0 Å². The van der Waals surface area contributed by atoms with Crippen LogP contribution < -0.4 is 10.2 Å². The smallest absolute Gasteiger partial charge is 0.253 e. The van der Waals surface area contributed by atoms with Gasteiger partial charge in [-0.15, -0.1) is 0 Å². The van der Waals surface area contributed by atoms with Gasteiger partial charge in [0.15, 0.2) is 0 Å². The highest BCUT2D eigenvalue weighted by molar-refractivity contribution is 5.98. The highest BCUT2D eigenvalue weighted by atomic mass is 16.2. The van der Waals surface area contributed by atoms with Crippen molar-refractivity contribution in [1.29, 1.82) is 0 Å². The second-order valence-corrected chi connectivity index (χ2v) is 9.09. The van der Waals surface area contributed by atoms with Crippen molar-refractivity contribution in [2.45, 2.75) is 20.8 Å². The molecule has 1 aliphatic rings. The van der Waals surface area contributed by atoms with Gasteiger partial charge in [-0.3, -0.25) is 9.59 Å². The molecule has 1 N–H and O–H groups in total. The second-order valence-electron chi connectivity index (χ2n) is 9.09. The average molecular weight is 416 g/mol. The van der Waals surface area contributed by atoms with Crippen molar-refractivity contribution < 1.29 is 9.59 Å².